The van der Waals surface area contributed by atoms with Gasteiger partial charge in [0.25, 0.3) is 0 Å². The molecule has 0 bridgehead atoms. The van der Waals surface area contributed by atoms with E-state index in [0.717, 1.165) is 41.0 Å². The first-order chi connectivity index (χ1) is 18.2. The predicted molar refractivity (Wildman–Crippen MR) is 140 cm³/mol. The van der Waals surface area contributed by atoms with Crippen LogP contribution in [0, 0.1) is 11.8 Å². The third-order valence-electron chi connectivity index (χ3n) is 8.66. The van der Waals surface area contributed by atoms with Gasteiger partial charge >= 0.3 is 0 Å². The van der Waals surface area contributed by atoms with Crippen LogP contribution in [0.15, 0.2) is 36.4 Å². The van der Waals surface area contributed by atoms with Gasteiger partial charge in [-0.3, -0.25) is 4.79 Å². The molecule has 3 aliphatic heterocycles. The highest BCUT2D eigenvalue weighted by atomic mass is 16.7. The number of fused-ring (bicyclic) bond motifs is 2. The summed E-state index contributed by atoms with van der Waals surface area (Å²) in [7, 11) is 0. The lowest BCUT2D eigenvalue weighted by Crippen LogP contribution is -2.35. The summed E-state index contributed by atoms with van der Waals surface area (Å²) < 4.78 is 22.1. The molecule has 2 aromatic carbocycles. The van der Waals surface area contributed by atoms with Gasteiger partial charge in [0, 0.05) is 12.1 Å². The van der Waals surface area contributed by atoms with Crippen molar-refractivity contribution in [2.75, 3.05) is 39.8 Å². The summed E-state index contributed by atoms with van der Waals surface area (Å²) in [6, 6.07) is 12.0. The Balaban J connectivity index is 0.868. The fourth-order valence-electron chi connectivity index (χ4n) is 6.39. The topological polar surface area (TPSA) is 69.3 Å². The first-order valence-electron chi connectivity index (χ1n) is 14.0. The molecule has 198 valence electrons. The molecule has 7 heteroatoms. The van der Waals surface area contributed by atoms with Crippen LogP contribution in [0.4, 0.5) is 0 Å². The van der Waals surface area contributed by atoms with Crippen LogP contribution in [0.25, 0.3) is 0 Å². The van der Waals surface area contributed by atoms with Crippen LogP contribution in [-0.4, -0.2) is 50.6 Å². The Morgan fingerprint density at radius 3 is 2.46 bits per heavy atom. The van der Waals surface area contributed by atoms with Gasteiger partial charge in [0.15, 0.2) is 23.0 Å². The van der Waals surface area contributed by atoms with E-state index in [9.17, 15) is 4.79 Å². The first kappa shape index (κ1) is 24.4. The summed E-state index contributed by atoms with van der Waals surface area (Å²) in [5.41, 5.74) is 2.29. The third-order valence-corrected chi connectivity index (χ3v) is 8.66. The Bertz CT molecular complexity index is 1090. The summed E-state index contributed by atoms with van der Waals surface area (Å²) in [4.78, 5) is 15.1. The lowest BCUT2D eigenvalue weighted by Gasteiger charge is -2.34. The molecule has 2 fully saturated rings. The van der Waals surface area contributed by atoms with Crippen LogP contribution in [0.1, 0.15) is 62.0 Å². The van der Waals surface area contributed by atoms with Crippen molar-refractivity contribution in [1.82, 2.24) is 10.2 Å². The number of carbonyl (C=O) groups is 1. The number of carbonyl (C=O) groups excluding carboxylic acids is 1. The molecule has 0 aromatic heterocycles. The molecule has 3 heterocycles. The second-order valence-corrected chi connectivity index (χ2v) is 11.0. The van der Waals surface area contributed by atoms with Crippen LogP contribution in [0.5, 0.6) is 23.0 Å². The van der Waals surface area contributed by atoms with Crippen molar-refractivity contribution < 1.29 is 23.7 Å². The van der Waals surface area contributed by atoms with E-state index in [1.807, 2.05) is 24.3 Å². The molecule has 1 saturated heterocycles. The van der Waals surface area contributed by atoms with Gasteiger partial charge < -0.3 is 29.2 Å². The van der Waals surface area contributed by atoms with Crippen LogP contribution in [-0.2, 0) is 11.2 Å². The van der Waals surface area contributed by atoms with E-state index < -0.39 is 0 Å². The zero-order valence-electron chi connectivity index (χ0n) is 21.6. The summed E-state index contributed by atoms with van der Waals surface area (Å²) in [6.45, 7) is 4.94. The van der Waals surface area contributed by atoms with Gasteiger partial charge in [0.05, 0.1) is 6.42 Å². The minimum Gasteiger partial charge on any atom is -0.454 e. The van der Waals surface area contributed by atoms with Gasteiger partial charge in [0.2, 0.25) is 19.5 Å². The number of hydrogen-bond acceptors (Lipinski definition) is 6. The number of ether oxygens (including phenoxy) is 4. The minimum absolute atomic E-state index is 0.0870. The Hall–Kier alpha value is -2.93. The van der Waals surface area contributed by atoms with Crippen molar-refractivity contribution in [3.63, 3.8) is 0 Å². The molecule has 7 nitrogen and oxygen atoms in total. The fourth-order valence-corrected chi connectivity index (χ4v) is 6.39. The van der Waals surface area contributed by atoms with E-state index in [-0.39, 0.29) is 12.7 Å². The average molecular weight is 507 g/mol. The maximum absolute atomic E-state index is 12.5. The third kappa shape index (κ3) is 5.82. The summed E-state index contributed by atoms with van der Waals surface area (Å²) in [5.74, 6) is 5.45. The van der Waals surface area contributed by atoms with E-state index in [1.54, 1.807) is 0 Å². The molecular weight excluding hydrogens is 468 g/mol. The van der Waals surface area contributed by atoms with Crippen LogP contribution in [0.3, 0.4) is 0 Å². The quantitative estimate of drug-likeness (QED) is 0.551. The molecule has 0 spiro atoms. The molecule has 6 rings (SSSR count). The van der Waals surface area contributed by atoms with E-state index in [1.165, 1.54) is 70.1 Å². The molecule has 37 heavy (non-hydrogen) atoms. The molecule has 0 radical (unpaired) electrons. The SMILES string of the molecule is O=C(Cc1ccc2c(c1)OCO2)NCC1CCC(CCN2CCC(c3cccc4c3OCO4)CC2)CC1. The highest BCUT2D eigenvalue weighted by molar-refractivity contribution is 5.78. The maximum Gasteiger partial charge on any atom is 0.231 e. The Morgan fingerprint density at radius 2 is 1.59 bits per heavy atom. The highest BCUT2D eigenvalue weighted by Gasteiger charge is 2.28. The van der Waals surface area contributed by atoms with Gasteiger partial charge in [-0.25, -0.2) is 0 Å². The molecule has 2 aromatic rings. The molecule has 0 atom stereocenters. The maximum atomic E-state index is 12.5. The number of rotatable bonds is 8. The first-order valence-corrected chi connectivity index (χ1v) is 14.0. The minimum atomic E-state index is 0.0870. The summed E-state index contributed by atoms with van der Waals surface area (Å²) in [6.07, 6.45) is 9.08. The number of likely N-dealkylation sites (tertiary alicyclic amines) is 1. The second kappa shape index (κ2) is 11.2. The number of benzene rings is 2. The number of piperidine rings is 1. The largest absolute Gasteiger partial charge is 0.454 e. The summed E-state index contributed by atoms with van der Waals surface area (Å²) in [5, 5.41) is 3.16. The Labute approximate surface area is 219 Å². The molecule has 4 aliphatic rings. The number of nitrogens with zero attached hydrogens (tertiary/aromatic N) is 1. The van der Waals surface area contributed by atoms with Crippen molar-refractivity contribution >= 4 is 5.91 Å². The van der Waals surface area contributed by atoms with Crippen LogP contribution >= 0.6 is 0 Å². The highest BCUT2D eigenvalue weighted by Crippen LogP contribution is 2.42. The van der Waals surface area contributed by atoms with Crippen molar-refractivity contribution in [3.05, 3.63) is 47.5 Å². The lowest BCUT2D eigenvalue weighted by atomic mass is 9.80. The van der Waals surface area contributed by atoms with Gasteiger partial charge in [-0.05, 0) is 93.3 Å². The van der Waals surface area contributed by atoms with Crippen molar-refractivity contribution in [2.24, 2.45) is 11.8 Å². The molecule has 1 amide bonds. The van der Waals surface area contributed by atoms with E-state index in [2.05, 4.69) is 22.3 Å². The van der Waals surface area contributed by atoms with E-state index in [4.69, 9.17) is 18.9 Å². The average Bonchev–Trinajstić information content (AvgIpc) is 3.61. The summed E-state index contributed by atoms with van der Waals surface area (Å²) >= 11 is 0. The number of hydrogen-bond donors (Lipinski definition) is 1. The zero-order valence-corrected chi connectivity index (χ0v) is 21.6. The number of amides is 1. The monoisotopic (exact) mass is 506 g/mol. The lowest BCUT2D eigenvalue weighted by molar-refractivity contribution is -0.120. The zero-order chi connectivity index (χ0) is 25.0. The smallest absolute Gasteiger partial charge is 0.231 e. The standard InChI is InChI=1S/C30H38N2O5/c33-29(17-23-8-9-26-28(16-23)36-19-34-26)31-18-22-6-4-21(5-7-22)10-13-32-14-11-24(12-15-32)25-2-1-3-27-30(25)37-20-35-27/h1-3,8-9,16,21-22,24H,4-7,10-15,17-20H2,(H,31,33). The molecule has 0 unspecified atom stereocenters. The fraction of sp³-hybridized carbons (Fsp3) is 0.567. The Morgan fingerprint density at radius 1 is 0.838 bits per heavy atom. The van der Waals surface area contributed by atoms with Gasteiger partial charge in [-0.15, -0.1) is 0 Å². The van der Waals surface area contributed by atoms with E-state index >= 15 is 0 Å². The Kier molecular flexibility index (Phi) is 7.40. The normalized spacial score (nSPS) is 23.2. The van der Waals surface area contributed by atoms with Crippen LogP contribution in [0.2, 0.25) is 0 Å². The van der Waals surface area contributed by atoms with Gasteiger partial charge in [-0.1, -0.05) is 31.0 Å². The van der Waals surface area contributed by atoms with Gasteiger partial charge in [0.1, 0.15) is 0 Å². The van der Waals surface area contributed by atoms with Crippen molar-refractivity contribution in [2.45, 2.75) is 57.3 Å². The second-order valence-electron chi connectivity index (χ2n) is 11.0. The predicted octanol–water partition coefficient (Wildman–Crippen LogP) is 4.88. The van der Waals surface area contributed by atoms with Crippen LogP contribution < -0.4 is 24.3 Å². The van der Waals surface area contributed by atoms with Crippen molar-refractivity contribution in [1.29, 1.82) is 0 Å². The van der Waals surface area contributed by atoms with E-state index in [0.29, 0.717) is 25.0 Å². The molecule has 1 saturated carbocycles. The number of nitrogens with one attached hydrogen (secondary N) is 1. The van der Waals surface area contributed by atoms with Gasteiger partial charge in [-0.2, -0.15) is 0 Å². The molecular formula is C30H38N2O5. The molecule has 1 aliphatic carbocycles. The molecule has 1 N–H and O–H groups in total. The number of para-hydroxylation sites is 1. The van der Waals surface area contributed by atoms with Crippen molar-refractivity contribution in [3.8, 4) is 23.0 Å².